The zero-order valence-electron chi connectivity index (χ0n) is 10.2. The molecule has 0 aliphatic heterocycles. The Morgan fingerprint density at radius 2 is 1.70 bits per heavy atom. The van der Waals surface area contributed by atoms with Crippen LogP contribution >= 0.6 is 39.1 Å². The van der Waals surface area contributed by atoms with E-state index >= 15 is 0 Å². The van der Waals surface area contributed by atoms with Gasteiger partial charge in [0, 0.05) is 26.1 Å². The Balaban J connectivity index is 2.34. The summed E-state index contributed by atoms with van der Waals surface area (Å²) < 4.78 is 0.832. The fourth-order valence-electron chi connectivity index (χ4n) is 2.18. The molecule has 0 saturated carbocycles. The molecule has 0 aliphatic carbocycles. The molecule has 3 aromatic rings. The maximum Gasteiger partial charge on any atom is 0.0948 e. The average molecular weight is 368 g/mol. The van der Waals surface area contributed by atoms with Crippen molar-refractivity contribution in [3.05, 3.63) is 57.1 Å². The molecule has 2 N–H and O–H groups in total. The van der Waals surface area contributed by atoms with Crippen molar-refractivity contribution in [1.82, 2.24) is 4.98 Å². The van der Waals surface area contributed by atoms with E-state index in [0.717, 1.165) is 26.5 Å². The highest BCUT2D eigenvalue weighted by atomic mass is 79.9. The van der Waals surface area contributed by atoms with Crippen LogP contribution in [0.3, 0.4) is 0 Å². The minimum Gasteiger partial charge on any atom is -0.396 e. The Bertz CT molecular complexity index is 798. The smallest absolute Gasteiger partial charge is 0.0948 e. The van der Waals surface area contributed by atoms with Gasteiger partial charge in [0.1, 0.15) is 0 Å². The number of pyridine rings is 1. The number of benzene rings is 2. The van der Waals surface area contributed by atoms with E-state index in [1.807, 2.05) is 30.3 Å². The highest BCUT2D eigenvalue weighted by Gasteiger charge is 2.10. The molecule has 0 unspecified atom stereocenters. The summed E-state index contributed by atoms with van der Waals surface area (Å²) in [5.41, 5.74) is 9.38. The van der Waals surface area contributed by atoms with Crippen molar-refractivity contribution in [2.45, 2.75) is 0 Å². The number of nitrogens with zero attached hydrogens (tertiary/aromatic N) is 1. The van der Waals surface area contributed by atoms with Crippen LogP contribution in [0.2, 0.25) is 10.0 Å². The Morgan fingerprint density at radius 1 is 1.00 bits per heavy atom. The molecule has 0 spiro atoms. The largest absolute Gasteiger partial charge is 0.396 e. The zero-order chi connectivity index (χ0) is 14.3. The van der Waals surface area contributed by atoms with Gasteiger partial charge in [0.05, 0.1) is 11.2 Å². The van der Waals surface area contributed by atoms with Crippen molar-refractivity contribution in [3.63, 3.8) is 0 Å². The number of nitrogen functional groups attached to an aromatic ring is 1. The van der Waals surface area contributed by atoms with Gasteiger partial charge in [-0.15, -0.1) is 0 Å². The summed E-state index contributed by atoms with van der Waals surface area (Å²) in [6.45, 7) is 0. The second-order valence-corrected chi connectivity index (χ2v) is 6.10. The van der Waals surface area contributed by atoms with Crippen LogP contribution in [0.5, 0.6) is 0 Å². The molecule has 3 rings (SSSR count). The number of rotatable bonds is 1. The van der Waals surface area contributed by atoms with E-state index in [1.165, 1.54) is 0 Å². The standard InChI is InChI=1S/C15H9BrCl2N2/c16-13-2-1-12-11(3-4-20-15(12)14(13)19)8-5-9(17)7-10(18)6-8/h1-7H,19H2. The lowest BCUT2D eigenvalue weighted by Crippen LogP contribution is -1.92. The minimum atomic E-state index is 0.600. The molecule has 0 amide bonds. The first kappa shape index (κ1) is 13.7. The summed E-state index contributed by atoms with van der Waals surface area (Å²) in [6, 6.07) is 11.3. The predicted molar refractivity (Wildman–Crippen MR) is 89.3 cm³/mol. The molecule has 0 saturated heterocycles. The van der Waals surface area contributed by atoms with Crippen LogP contribution in [0, 0.1) is 0 Å². The van der Waals surface area contributed by atoms with Crippen molar-refractivity contribution in [1.29, 1.82) is 0 Å². The normalized spacial score (nSPS) is 10.9. The number of fused-ring (bicyclic) bond motifs is 1. The van der Waals surface area contributed by atoms with Crippen molar-refractivity contribution in [2.75, 3.05) is 5.73 Å². The second kappa shape index (κ2) is 5.24. The van der Waals surface area contributed by atoms with Gasteiger partial charge in [-0.3, -0.25) is 4.98 Å². The fraction of sp³-hybridized carbons (Fsp3) is 0. The number of nitrogens with two attached hydrogens (primary N) is 1. The van der Waals surface area contributed by atoms with Crippen molar-refractivity contribution >= 4 is 55.7 Å². The molecule has 2 aromatic carbocycles. The molecule has 20 heavy (non-hydrogen) atoms. The molecule has 1 heterocycles. The molecule has 1 aromatic heterocycles. The Kier molecular flexibility index (Phi) is 3.59. The minimum absolute atomic E-state index is 0.600. The lowest BCUT2D eigenvalue weighted by Gasteiger charge is -2.10. The van der Waals surface area contributed by atoms with Crippen LogP contribution in [-0.4, -0.2) is 4.98 Å². The van der Waals surface area contributed by atoms with Crippen LogP contribution in [0.15, 0.2) is 47.1 Å². The van der Waals surface area contributed by atoms with E-state index in [-0.39, 0.29) is 0 Å². The summed E-state index contributed by atoms with van der Waals surface area (Å²) in [5.74, 6) is 0. The summed E-state index contributed by atoms with van der Waals surface area (Å²) in [5, 5.41) is 2.16. The van der Waals surface area contributed by atoms with Crippen molar-refractivity contribution in [3.8, 4) is 11.1 Å². The third kappa shape index (κ3) is 2.37. The molecule has 5 heteroatoms. The van der Waals surface area contributed by atoms with Crippen molar-refractivity contribution < 1.29 is 0 Å². The van der Waals surface area contributed by atoms with Gasteiger partial charge in [-0.25, -0.2) is 0 Å². The Labute approximate surface area is 134 Å². The van der Waals surface area contributed by atoms with Crippen LogP contribution in [0.1, 0.15) is 0 Å². The van der Waals surface area contributed by atoms with Gasteiger partial charge in [0.15, 0.2) is 0 Å². The molecule has 0 radical (unpaired) electrons. The lowest BCUT2D eigenvalue weighted by molar-refractivity contribution is 1.41. The number of hydrogen-bond donors (Lipinski definition) is 1. The van der Waals surface area contributed by atoms with Gasteiger partial charge in [-0.05, 0) is 57.4 Å². The third-order valence-corrected chi connectivity index (χ3v) is 4.20. The molecule has 100 valence electrons. The molecule has 2 nitrogen and oxygen atoms in total. The van der Waals surface area contributed by atoms with Crippen LogP contribution in [0.25, 0.3) is 22.0 Å². The molecular weight excluding hydrogens is 359 g/mol. The summed E-state index contributed by atoms with van der Waals surface area (Å²) in [4.78, 5) is 4.35. The van der Waals surface area contributed by atoms with Gasteiger partial charge >= 0.3 is 0 Å². The van der Waals surface area contributed by atoms with Gasteiger partial charge in [0.25, 0.3) is 0 Å². The van der Waals surface area contributed by atoms with Gasteiger partial charge in [-0.2, -0.15) is 0 Å². The number of hydrogen-bond acceptors (Lipinski definition) is 2. The maximum absolute atomic E-state index is 6.08. The van der Waals surface area contributed by atoms with E-state index in [4.69, 9.17) is 28.9 Å². The second-order valence-electron chi connectivity index (χ2n) is 4.37. The Hall–Kier alpha value is -1.29. The van der Waals surface area contributed by atoms with Crippen LogP contribution in [-0.2, 0) is 0 Å². The Morgan fingerprint density at radius 3 is 2.40 bits per heavy atom. The SMILES string of the molecule is Nc1c(Br)ccc2c(-c3cc(Cl)cc(Cl)c3)ccnc12. The molecule has 0 atom stereocenters. The average Bonchev–Trinajstić information content (AvgIpc) is 2.41. The first-order valence-corrected chi connectivity index (χ1v) is 7.40. The van der Waals surface area contributed by atoms with Crippen LogP contribution in [0.4, 0.5) is 5.69 Å². The maximum atomic E-state index is 6.08. The van der Waals surface area contributed by atoms with Crippen molar-refractivity contribution in [2.24, 2.45) is 0 Å². The summed E-state index contributed by atoms with van der Waals surface area (Å²) in [6.07, 6.45) is 1.73. The number of halogens is 3. The highest BCUT2D eigenvalue weighted by molar-refractivity contribution is 9.10. The van der Waals surface area contributed by atoms with E-state index in [1.54, 1.807) is 12.3 Å². The predicted octanol–water partition coefficient (Wildman–Crippen LogP) is 5.55. The van der Waals surface area contributed by atoms with E-state index in [2.05, 4.69) is 20.9 Å². The lowest BCUT2D eigenvalue weighted by atomic mass is 10.0. The van der Waals surface area contributed by atoms with E-state index in [9.17, 15) is 0 Å². The van der Waals surface area contributed by atoms with Gasteiger partial charge in [0.2, 0.25) is 0 Å². The van der Waals surface area contributed by atoms with E-state index < -0.39 is 0 Å². The van der Waals surface area contributed by atoms with E-state index in [0.29, 0.717) is 15.7 Å². The first-order valence-electron chi connectivity index (χ1n) is 5.85. The molecule has 0 bridgehead atoms. The van der Waals surface area contributed by atoms with Gasteiger partial charge < -0.3 is 5.73 Å². The monoisotopic (exact) mass is 366 g/mol. The molecular formula is C15H9BrCl2N2. The summed E-state index contributed by atoms with van der Waals surface area (Å²) >= 11 is 15.6. The number of anilines is 1. The zero-order valence-corrected chi connectivity index (χ0v) is 13.3. The first-order chi connectivity index (χ1) is 9.56. The summed E-state index contributed by atoms with van der Waals surface area (Å²) in [7, 11) is 0. The quantitative estimate of drug-likeness (QED) is 0.572. The fourth-order valence-corrected chi connectivity index (χ4v) is 3.02. The third-order valence-electron chi connectivity index (χ3n) is 3.07. The molecule has 0 aliphatic rings. The molecule has 0 fully saturated rings. The topological polar surface area (TPSA) is 38.9 Å². The van der Waals surface area contributed by atoms with Crippen LogP contribution < -0.4 is 5.73 Å². The number of aromatic nitrogens is 1. The van der Waals surface area contributed by atoms with Gasteiger partial charge in [-0.1, -0.05) is 29.3 Å². The highest BCUT2D eigenvalue weighted by Crippen LogP contribution is 2.35.